The molecule has 0 atom stereocenters. The van der Waals surface area contributed by atoms with E-state index in [9.17, 15) is 9.59 Å². The number of halogens is 1. The SMILES string of the molecule is CCCNC(=O)CNC(=O)c1cc(Cl)c(OCCC(C)C)c(OC)c1. The first kappa shape index (κ1) is 21.1. The Hall–Kier alpha value is -1.95. The van der Waals surface area contributed by atoms with Gasteiger partial charge in [0.1, 0.15) is 0 Å². The molecule has 0 bridgehead atoms. The highest BCUT2D eigenvalue weighted by atomic mass is 35.5. The summed E-state index contributed by atoms with van der Waals surface area (Å²) < 4.78 is 11.0. The van der Waals surface area contributed by atoms with Crippen molar-refractivity contribution >= 4 is 23.4 Å². The number of carbonyl (C=O) groups is 2. The number of ether oxygens (including phenoxy) is 2. The number of hydrogen-bond acceptors (Lipinski definition) is 4. The molecule has 0 radical (unpaired) electrons. The lowest BCUT2D eigenvalue weighted by Crippen LogP contribution is -2.37. The lowest BCUT2D eigenvalue weighted by atomic mass is 10.1. The summed E-state index contributed by atoms with van der Waals surface area (Å²) in [4.78, 5) is 23.8. The van der Waals surface area contributed by atoms with Crippen LogP contribution in [0.1, 0.15) is 44.0 Å². The lowest BCUT2D eigenvalue weighted by Gasteiger charge is -2.15. The summed E-state index contributed by atoms with van der Waals surface area (Å²) >= 11 is 6.24. The van der Waals surface area contributed by atoms with Crippen molar-refractivity contribution in [1.82, 2.24) is 10.6 Å². The van der Waals surface area contributed by atoms with Crippen molar-refractivity contribution in [1.29, 1.82) is 0 Å². The summed E-state index contributed by atoms with van der Waals surface area (Å²) in [6.07, 6.45) is 1.72. The Balaban J connectivity index is 2.76. The third-order valence-corrected chi connectivity index (χ3v) is 3.70. The van der Waals surface area contributed by atoms with Crippen molar-refractivity contribution in [3.05, 3.63) is 22.7 Å². The molecule has 25 heavy (non-hydrogen) atoms. The maximum atomic E-state index is 12.2. The van der Waals surface area contributed by atoms with Gasteiger partial charge in [-0.25, -0.2) is 0 Å². The van der Waals surface area contributed by atoms with Crippen LogP contribution in [0.25, 0.3) is 0 Å². The van der Waals surface area contributed by atoms with Crippen LogP contribution in [0.15, 0.2) is 12.1 Å². The van der Waals surface area contributed by atoms with Crippen molar-refractivity contribution in [2.75, 3.05) is 26.8 Å². The van der Waals surface area contributed by atoms with Crippen LogP contribution in [0.3, 0.4) is 0 Å². The minimum atomic E-state index is -0.402. The molecule has 140 valence electrons. The van der Waals surface area contributed by atoms with Crippen molar-refractivity contribution in [2.24, 2.45) is 5.92 Å². The van der Waals surface area contributed by atoms with Gasteiger partial charge in [-0.1, -0.05) is 32.4 Å². The molecule has 2 amide bonds. The summed E-state index contributed by atoms with van der Waals surface area (Å²) in [5, 5.41) is 5.54. The number of rotatable bonds is 10. The van der Waals surface area contributed by atoms with Crippen molar-refractivity contribution in [3.8, 4) is 11.5 Å². The van der Waals surface area contributed by atoms with Crippen molar-refractivity contribution in [3.63, 3.8) is 0 Å². The molecule has 0 spiro atoms. The summed E-state index contributed by atoms with van der Waals surface area (Å²) in [5.41, 5.74) is 0.307. The van der Waals surface area contributed by atoms with E-state index >= 15 is 0 Å². The summed E-state index contributed by atoms with van der Waals surface area (Å²) in [6, 6.07) is 3.06. The van der Waals surface area contributed by atoms with E-state index in [-0.39, 0.29) is 12.5 Å². The van der Waals surface area contributed by atoms with E-state index in [4.69, 9.17) is 21.1 Å². The minimum Gasteiger partial charge on any atom is -0.493 e. The minimum absolute atomic E-state index is 0.0919. The third-order valence-electron chi connectivity index (χ3n) is 3.41. The van der Waals surface area contributed by atoms with Gasteiger partial charge in [0.05, 0.1) is 25.3 Å². The Labute approximate surface area is 154 Å². The van der Waals surface area contributed by atoms with Crippen LogP contribution < -0.4 is 20.1 Å². The molecule has 2 N–H and O–H groups in total. The summed E-state index contributed by atoms with van der Waals surface area (Å²) in [6.45, 7) is 7.16. The van der Waals surface area contributed by atoms with Crippen molar-refractivity contribution in [2.45, 2.75) is 33.6 Å². The highest BCUT2D eigenvalue weighted by Gasteiger charge is 2.16. The monoisotopic (exact) mass is 370 g/mol. The molecule has 0 saturated heterocycles. The standard InChI is InChI=1S/C18H27ClN2O4/c1-5-7-20-16(22)11-21-18(23)13-9-14(19)17(15(10-13)24-4)25-8-6-12(2)3/h9-10,12H,5-8,11H2,1-4H3,(H,20,22)(H,21,23). The first-order valence-corrected chi connectivity index (χ1v) is 8.82. The van der Waals surface area contributed by atoms with Gasteiger partial charge in [0.15, 0.2) is 11.5 Å². The summed E-state index contributed by atoms with van der Waals surface area (Å²) in [5.74, 6) is 0.676. The molecule has 0 aromatic heterocycles. The molecule has 0 unspecified atom stereocenters. The number of benzene rings is 1. The second-order valence-corrected chi connectivity index (χ2v) is 6.46. The highest BCUT2D eigenvalue weighted by Crippen LogP contribution is 2.36. The molecule has 0 heterocycles. The molecule has 0 aliphatic carbocycles. The number of nitrogens with one attached hydrogen (secondary N) is 2. The molecule has 0 saturated carbocycles. The Kier molecular flexibility index (Phi) is 9.13. The van der Waals surface area contributed by atoms with E-state index in [1.807, 2.05) is 6.92 Å². The zero-order valence-electron chi connectivity index (χ0n) is 15.3. The predicted molar refractivity (Wildman–Crippen MR) is 98.6 cm³/mol. The molecule has 7 heteroatoms. The van der Waals surface area contributed by atoms with E-state index < -0.39 is 5.91 Å². The topological polar surface area (TPSA) is 76.7 Å². The largest absolute Gasteiger partial charge is 0.493 e. The van der Waals surface area contributed by atoms with Crippen LogP contribution in [-0.2, 0) is 4.79 Å². The Morgan fingerprint density at radius 1 is 1.24 bits per heavy atom. The first-order valence-electron chi connectivity index (χ1n) is 8.44. The van der Waals surface area contributed by atoms with Gasteiger partial charge in [0, 0.05) is 12.1 Å². The molecule has 0 fully saturated rings. The molecule has 1 rings (SSSR count). The zero-order chi connectivity index (χ0) is 18.8. The smallest absolute Gasteiger partial charge is 0.251 e. The van der Waals surface area contributed by atoms with Crippen LogP contribution in [0.2, 0.25) is 5.02 Å². The Bertz CT molecular complexity index is 591. The molecular formula is C18H27ClN2O4. The first-order chi connectivity index (χ1) is 11.9. The zero-order valence-corrected chi connectivity index (χ0v) is 16.0. The van der Waals surface area contributed by atoms with Gasteiger partial charge in [-0.3, -0.25) is 9.59 Å². The van der Waals surface area contributed by atoms with Gasteiger partial charge in [0.25, 0.3) is 5.91 Å². The van der Waals surface area contributed by atoms with Gasteiger partial charge in [-0.2, -0.15) is 0 Å². The van der Waals surface area contributed by atoms with E-state index in [0.29, 0.717) is 41.2 Å². The lowest BCUT2D eigenvalue weighted by molar-refractivity contribution is -0.120. The van der Waals surface area contributed by atoms with E-state index in [1.54, 1.807) is 6.07 Å². The molecule has 1 aromatic rings. The number of amides is 2. The number of hydrogen-bond donors (Lipinski definition) is 2. The predicted octanol–water partition coefficient (Wildman–Crippen LogP) is 3.03. The fourth-order valence-electron chi connectivity index (χ4n) is 1.98. The Morgan fingerprint density at radius 3 is 2.56 bits per heavy atom. The van der Waals surface area contributed by atoms with Gasteiger partial charge < -0.3 is 20.1 Å². The van der Waals surface area contributed by atoms with Gasteiger partial charge in [-0.15, -0.1) is 0 Å². The third kappa shape index (κ3) is 7.22. The fourth-order valence-corrected chi connectivity index (χ4v) is 2.24. The molecule has 0 aliphatic rings. The van der Waals surface area contributed by atoms with Gasteiger partial charge >= 0.3 is 0 Å². The molecular weight excluding hydrogens is 344 g/mol. The van der Waals surface area contributed by atoms with Crippen LogP contribution in [0.4, 0.5) is 0 Å². The quantitative estimate of drug-likeness (QED) is 0.663. The maximum Gasteiger partial charge on any atom is 0.251 e. The maximum absolute atomic E-state index is 12.2. The molecule has 6 nitrogen and oxygen atoms in total. The average Bonchev–Trinajstić information content (AvgIpc) is 2.58. The van der Waals surface area contributed by atoms with Crippen LogP contribution in [-0.4, -0.2) is 38.6 Å². The Morgan fingerprint density at radius 2 is 1.96 bits per heavy atom. The molecule has 1 aromatic carbocycles. The van der Waals surface area contributed by atoms with Crippen LogP contribution >= 0.6 is 11.6 Å². The fraction of sp³-hybridized carbons (Fsp3) is 0.556. The van der Waals surface area contributed by atoms with Gasteiger partial charge in [-0.05, 0) is 30.9 Å². The normalized spacial score (nSPS) is 10.5. The number of methoxy groups -OCH3 is 1. The van der Waals surface area contributed by atoms with Crippen molar-refractivity contribution < 1.29 is 19.1 Å². The van der Waals surface area contributed by atoms with E-state index in [2.05, 4.69) is 24.5 Å². The number of carbonyl (C=O) groups excluding carboxylic acids is 2. The molecule has 0 aliphatic heterocycles. The van der Waals surface area contributed by atoms with Crippen LogP contribution in [0, 0.1) is 5.92 Å². The van der Waals surface area contributed by atoms with E-state index in [0.717, 1.165) is 12.8 Å². The highest BCUT2D eigenvalue weighted by molar-refractivity contribution is 6.32. The van der Waals surface area contributed by atoms with E-state index in [1.165, 1.54) is 13.2 Å². The van der Waals surface area contributed by atoms with Crippen LogP contribution in [0.5, 0.6) is 11.5 Å². The van der Waals surface area contributed by atoms with Gasteiger partial charge in [0.2, 0.25) is 5.91 Å². The second-order valence-electron chi connectivity index (χ2n) is 6.05. The average molecular weight is 371 g/mol. The second kappa shape index (κ2) is 10.8. The summed E-state index contributed by atoms with van der Waals surface area (Å²) in [7, 11) is 1.49.